The summed E-state index contributed by atoms with van der Waals surface area (Å²) in [5, 5.41) is 7.92. The monoisotopic (exact) mass is 626 g/mol. The molecule has 0 spiro atoms. The lowest BCUT2D eigenvalue weighted by Crippen LogP contribution is -2.03. The van der Waals surface area contributed by atoms with E-state index in [0.29, 0.717) is 17.2 Å². The highest BCUT2D eigenvalue weighted by Gasteiger charge is 2.25. The third-order valence-electron chi connectivity index (χ3n) is 9.89. The molecule has 0 aliphatic heterocycles. The average molecular weight is 627 g/mol. The van der Waals surface area contributed by atoms with Crippen LogP contribution in [0.15, 0.2) is 162 Å². The Morgan fingerprint density at radius 1 is 0.449 bits per heavy atom. The predicted molar refractivity (Wildman–Crippen MR) is 201 cm³/mol. The highest BCUT2D eigenvalue weighted by Crippen LogP contribution is 2.43. The van der Waals surface area contributed by atoms with Crippen LogP contribution >= 0.6 is 0 Å². The van der Waals surface area contributed by atoms with Gasteiger partial charge in [0.25, 0.3) is 0 Å². The van der Waals surface area contributed by atoms with Crippen LogP contribution in [0.2, 0.25) is 0 Å². The number of aromatic nitrogens is 4. The van der Waals surface area contributed by atoms with E-state index in [1.54, 1.807) is 0 Å². The summed E-state index contributed by atoms with van der Waals surface area (Å²) in [6.07, 6.45) is 0. The van der Waals surface area contributed by atoms with Gasteiger partial charge in [0.2, 0.25) is 0 Å². The van der Waals surface area contributed by atoms with Crippen molar-refractivity contribution < 1.29 is 4.42 Å². The lowest BCUT2D eigenvalue weighted by atomic mass is 10.1. The zero-order valence-corrected chi connectivity index (χ0v) is 26.2. The Labute approximate surface area is 279 Å². The number of fused-ring (bicyclic) bond motifs is 11. The first kappa shape index (κ1) is 26.4. The van der Waals surface area contributed by atoms with E-state index in [2.05, 4.69) is 149 Å². The second kappa shape index (κ2) is 9.89. The molecule has 0 radical (unpaired) electrons. The SMILES string of the molecule is c1ccc(-c2nc(-n3c4ccccc4c4ccc5c6ccccc6n(-c6ccccc6)c5c43)c3oc4cc5ccccc5cc4c3n2)cc1. The van der Waals surface area contributed by atoms with E-state index >= 15 is 0 Å². The van der Waals surface area contributed by atoms with E-state index in [9.17, 15) is 0 Å². The normalized spacial score (nSPS) is 12.1. The molecule has 0 saturated heterocycles. The molecule has 0 atom stereocenters. The second-order valence-corrected chi connectivity index (χ2v) is 12.6. The predicted octanol–water partition coefficient (Wildman–Crippen LogP) is 11.4. The topological polar surface area (TPSA) is 48.8 Å². The van der Waals surface area contributed by atoms with Crippen LogP contribution in [-0.2, 0) is 0 Å². The minimum absolute atomic E-state index is 0.653. The molecule has 0 amide bonds. The molecule has 4 aromatic heterocycles. The van der Waals surface area contributed by atoms with Gasteiger partial charge in [-0.1, -0.05) is 121 Å². The maximum atomic E-state index is 6.84. The van der Waals surface area contributed by atoms with Crippen molar-refractivity contribution in [3.8, 4) is 22.9 Å². The van der Waals surface area contributed by atoms with E-state index < -0.39 is 0 Å². The van der Waals surface area contributed by atoms with Crippen LogP contribution in [0.25, 0.3) is 99.3 Å². The number of furan rings is 1. The summed E-state index contributed by atoms with van der Waals surface area (Å²) in [4.78, 5) is 10.6. The number of para-hydroxylation sites is 3. The van der Waals surface area contributed by atoms with E-state index in [1.165, 1.54) is 10.8 Å². The largest absolute Gasteiger partial charge is 0.450 e. The highest BCUT2D eigenvalue weighted by atomic mass is 16.3. The zero-order valence-electron chi connectivity index (χ0n) is 26.2. The fourth-order valence-corrected chi connectivity index (χ4v) is 7.75. The van der Waals surface area contributed by atoms with Crippen molar-refractivity contribution in [3.63, 3.8) is 0 Å². The molecule has 49 heavy (non-hydrogen) atoms. The van der Waals surface area contributed by atoms with Crippen molar-refractivity contribution in [2.75, 3.05) is 0 Å². The van der Waals surface area contributed by atoms with Crippen LogP contribution in [-0.4, -0.2) is 19.1 Å². The van der Waals surface area contributed by atoms with Crippen LogP contribution in [0.5, 0.6) is 0 Å². The standard InChI is InChI=1S/C44H26N4O/c1-3-13-27(14-4-1)43-45-39-35-25-28-15-7-8-16-29(28)26-38(35)49-42(39)44(46-43)48-37-22-12-10-20-32(37)34-24-23-33-31-19-9-11-21-36(31)47(40(33)41(34)48)30-17-5-2-6-18-30/h1-26H. The minimum Gasteiger partial charge on any atom is -0.450 e. The first-order chi connectivity index (χ1) is 24.3. The van der Waals surface area contributed by atoms with Gasteiger partial charge in [0.1, 0.15) is 11.1 Å². The molecule has 228 valence electrons. The smallest absolute Gasteiger partial charge is 0.197 e. The number of nitrogens with zero attached hydrogens (tertiary/aromatic N) is 4. The summed E-state index contributed by atoms with van der Waals surface area (Å²) in [6, 6.07) is 55.4. The molecule has 11 rings (SSSR count). The first-order valence-electron chi connectivity index (χ1n) is 16.5. The van der Waals surface area contributed by atoms with Crippen LogP contribution in [0.4, 0.5) is 0 Å². The van der Waals surface area contributed by atoms with Crippen molar-refractivity contribution >= 4 is 76.5 Å². The third kappa shape index (κ3) is 3.70. The molecule has 5 heteroatoms. The van der Waals surface area contributed by atoms with Crippen molar-refractivity contribution in [2.45, 2.75) is 0 Å². The Morgan fingerprint density at radius 2 is 1.02 bits per heavy atom. The minimum atomic E-state index is 0.653. The Hall–Kier alpha value is -6.72. The number of hydrogen-bond acceptors (Lipinski definition) is 3. The summed E-state index contributed by atoms with van der Waals surface area (Å²) in [7, 11) is 0. The van der Waals surface area contributed by atoms with Gasteiger partial charge in [-0.25, -0.2) is 9.97 Å². The molecule has 0 unspecified atom stereocenters. The van der Waals surface area contributed by atoms with Gasteiger partial charge in [-0.15, -0.1) is 0 Å². The number of hydrogen-bond donors (Lipinski definition) is 0. The molecule has 0 bridgehead atoms. The maximum absolute atomic E-state index is 6.84. The Morgan fingerprint density at radius 3 is 1.73 bits per heavy atom. The van der Waals surface area contributed by atoms with Crippen LogP contribution in [0.3, 0.4) is 0 Å². The highest BCUT2D eigenvalue weighted by molar-refractivity contribution is 6.24. The molecule has 0 aliphatic carbocycles. The van der Waals surface area contributed by atoms with Crippen molar-refractivity contribution in [1.82, 2.24) is 19.1 Å². The molecular formula is C44H26N4O. The lowest BCUT2D eigenvalue weighted by Gasteiger charge is -2.13. The Balaban J connectivity index is 1.38. The Kier molecular flexibility index (Phi) is 5.32. The molecule has 0 N–H and O–H groups in total. The molecule has 7 aromatic carbocycles. The van der Waals surface area contributed by atoms with E-state index in [4.69, 9.17) is 14.4 Å². The van der Waals surface area contributed by atoms with Gasteiger partial charge in [0, 0.05) is 38.2 Å². The number of benzene rings is 7. The van der Waals surface area contributed by atoms with Gasteiger partial charge >= 0.3 is 0 Å². The van der Waals surface area contributed by atoms with Crippen molar-refractivity contribution in [1.29, 1.82) is 0 Å². The van der Waals surface area contributed by atoms with Crippen molar-refractivity contribution in [2.24, 2.45) is 0 Å². The van der Waals surface area contributed by atoms with Gasteiger partial charge in [-0.2, -0.15) is 0 Å². The van der Waals surface area contributed by atoms with Crippen LogP contribution in [0, 0.1) is 0 Å². The van der Waals surface area contributed by atoms with Crippen molar-refractivity contribution in [3.05, 3.63) is 158 Å². The first-order valence-corrected chi connectivity index (χ1v) is 16.5. The summed E-state index contributed by atoms with van der Waals surface area (Å²) in [6.45, 7) is 0. The van der Waals surface area contributed by atoms with Gasteiger partial charge < -0.3 is 8.98 Å². The third-order valence-corrected chi connectivity index (χ3v) is 9.89. The number of rotatable bonds is 3. The molecule has 5 nitrogen and oxygen atoms in total. The molecule has 0 fully saturated rings. The van der Waals surface area contributed by atoms with E-state index in [-0.39, 0.29) is 0 Å². The van der Waals surface area contributed by atoms with E-state index in [0.717, 1.165) is 71.3 Å². The fraction of sp³-hybridized carbons (Fsp3) is 0. The summed E-state index contributed by atoms with van der Waals surface area (Å²) in [5.41, 5.74) is 8.70. The molecular weight excluding hydrogens is 601 g/mol. The van der Waals surface area contributed by atoms with Crippen LogP contribution < -0.4 is 0 Å². The molecule has 0 saturated carbocycles. The molecule has 0 aliphatic rings. The average Bonchev–Trinajstić information content (AvgIpc) is 3.82. The molecule has 4 heterocycles. The maximum Gasteiger partial charge on any atom is 0.197 e. The second-order valence-electron chi connectivity index (χ2n) is 12.6. The zero-order chi connectivity index (χ0) is 32.1. The van der Waals surface area contributed by atoms with Gasteiger partial charge in [0.15, 0.2) is 17.2 Å². The molecule has 11 aromatic rings. The quantitative estimate of drug-likeness (QED) is 0.196. The summed E-state index contributed by atoms with van der Waals surface area (Å²) >= 11 is 0. The van der Waals surface area contributed by atoms with Crippen LogP contribution in [0.1, 0.15) is 0 Å². The lowest BCUT2D eigenvalue weighted by molar-refractivity contribution is 0.663. The van der Waals surface area contributed by atoms with E-state index in [1.807, 2.05) is 18.2 Å². The fourth-order valence-electron chi connectivity index (χ4n) is 7.75. The van der Waals surface area contributed by atoms with Gasteiger partial charge in [-0.05, 0) is 47.2 Å². The Bertz CT molecular complexity index is 3100. The summed E-state index contributed by atoms with van der Waals surface area (Å²) < 4.78 is 11.5. The van der Waals surface area contributed by atoms with Gasteiger partial charge in [0.05, 0.1) is 22.1 Å². The summed E-state index contributed by atoms with van der Waals surface area (Å²) in [5.74, 6) is 1.37. The van der Waals surface area contributed by atoms with Gasteiger partial charge in [-0.3, -0.25) is 4.57 Å².